The first-order valence-corrected chi connectivity index (χ1v) is 5.92. The molecule has 0 radical (unpaired) electrons. The van der Waals surface area contributed by atoms with Crippen molar-refractivity contribution in [1.29, 1.82) is 0 Å². The predicted molar refractivity (Wildman–Crippen MR) is 65.4 cm³/mol. The number of hydrogen-bond acceptors (Lipinski definition) is 4. The molecule has 0 N–H and O–H groups in total. The number of rotatable bonds is 2. The number of ether oxygens (including phenoxy) is 1. The minimum Gasteiger partial charge on any atom is -0.466 e. The first-order chi connectivity index (χ1) is 7.76. The van der Waals surface area contributed by atoms with E-state index >= 15 is 0 Å². The Morgan fingerprint density at radius 2 is 2.25 bits per heavy atom. The Hall–Kier alpha value is -1.42. The van der Waals surface area contributed by atoms with Crippen LogP contribution >= 0.6 is 11.8 Å². The highest BCUT2D eigenvalue weighted by atomic mass is 32.2. The molecule has 0 saturated heterocycles. The van der Waals surface area contributed by atoms with Gasteiger partial charge in [-0.25, -0.2) is 4.79 Å². The maximum atomic E-state index is 11.2. The van der Waals surface area contributed by atoms with Gasteiger partial charge in [0.25, 0.3) is 0 Å². The number of esters is 1. The molecule has 2 rings (SSSR count). The molecule has 3 nitrogen and oxygen atoms in total. The van der Waals surface area contributed by atoms with Gasteiger partial charge in [0, 0.05) is 11.4 Å². The molecule has 1 aliphatic heterocycles. The first-order valence-electron chi connectivity index (χ1n) is 5.10. The monoisotopic (exact) mass is 235 g/mol. The lowest BCUT2D eigenvalue weighted by molar-refractivity contribution is -0.134. The molecule has 1 aromatic carbocycles. The van der Waals surface area contributed by atoms with Gasteiger partial charge in [0.05, 0.1) is 23.9 Å². The number of carbonyl (C=O) groups is 1. The zero-order valence-corrected chi connectivity index (χ0v) is 10.1. The van der Waals surface area contributed by atoms with Crippen LogP contribution in [0.2, 0.25) is 0 Å². The van der Waals surface area contributed by atoms with Gasteiger partial charge >= 0.3 is 5.97 Å². The molecule has 1 heterocycles. The summed E-state index contributed by atoms with van der Waals surface area (Å²) in [6.45, 7) is 2.90. The van der Waals surface area contributed by atoms with Crippen LogP contribution in [0.5, 0.6) is 0 Å². The van der Waals surface area contributed by atoms with Crippen LogP contribution in [0, 0.1) is 0 Å². The van der Waals surface area contributed by atoms with Gasteiger partial charge in [0.15, 0.2) is 0 Å². The molecule has 0 spiro atoms. The van der Waals surface area contributed by atoms with Crippen LogP contribution in [0.3, 0.4) is 0 Å². The number of nitrogens with zero attached hydrogens (tertiary/aromatic N) is 1. The summed E-state index contributed by atoms with van der Waals surface area (Å²) in [7, 11) is 1.39. The molecular formula is C12H13NO2S. The van der Waals surface area contributed by atoms with Crippen molar-refractivity contribution < 1.29 is 9.53 Å². The molecule has 0 aromatic heterocycles. The molecule has 1 aliphatic rings. The predicted octanol–water partition coefficient (Wildman–Crippen LogP) is 2.63. The van der Waals surface area contributed by atoms with Crippen LogP contribution in [0.25, 0.3) is 0 Å². The average Bonchev–Trinajstić information content (AvgIpc) is 2.65. The van der Waals surface area contributed by atoms with Crippen molar-refractivity contribution in [2.45, 2.75) is 11.8 Å². The zero-order valence-electron chi connectivity index (χ0n) is 9.27. The van der Waals surface area contributed by atoms with Crippen molar-refractivity contribution >= 4 is 23.4 Å². The number of fused-ring (bicyclic) bond motifs is 1. The van der Waals surface area contributed by atoms with E-state index in [0.29, 0.717) is 0 Å². The van der Waals surface area contributed by atoms with Gasteiger partial charge in [-0.15, -0.1) is 0 Å². The van der Waals surface area contributed by atoms with Crippen molar-refractivity contribution in [1.82, 2.24) is 0 Å². The lowest BCUT2D eigenvalue weighted by Crippen LogP contribution is -2.17. The fraction of sp³-hybridized carbons (Fsp3) is 0.250. The lowest BCUT2D eigenvalue weighted by Gasteiger charge is -2.17. The Morgan fingerprint density at radius 1 is 1.50 bits per heavy atom. The number of para-hydroxylation sites is 1. The fourth-order valence-corrected chi connectivity index (χ4v) is 2.79. The van der Waals surface area contributed by atoms with Crippen LogP contribution < -0.4 is 4.90 Å². The standard InChI is InChI=1S/C12H13NO2S/c1-3-13-9-6-4-5-7-10(9)16-11(13)8-12(14)15-2/h4-8H,3H2,1-2H3/b11-8+. The van der Waals surface area contributed by atoms with Crippen molar-refractivity contribution in [3.8, 4) is 0 Å². The molecule has 16 heavy (non-hydrogen) atoms. The van der Waals surface area contributed by atoms with Crippen LogP contribution in [-0.4, -0.2) is 19.6 Å². The minimum absolute atomic E-state index is 0.311. The average molecular weight is 235 g/mol. The van der Waals surface area contributed by atoms with Gasteiger partial charge in [-0.3, -0.25) is 0 Å². The maximum absolute atomic E-state index is 11.2. The van der Waals surface area contributed by atoms with E-state index in [1.54, 1.807) is 11.8 Å². The summed E-state index contributed by atoms with van der Waals surface area (Å²) in [4.78, 5) is 14.5. The Labute approximate surface area is 99.1 Å². The quantitative estimate of drug-likeness (QED) is 0.582. The Morgan fingerprint density at radius 3 is 2.94 bits per heavy atom. The van der Waals surface area contributed by atoms with E-state index in [-0.39, 0.29) is 5.97 Å². The second kappa shape index (κ2) is 4.61. The van der Waals surface area contributed by atoms with Crippen molar-refractivity contribution in [3.05, 3.63) is 35.4 Å². The highest BCUT2D eigenvalue weighted by Crippen LogP contribution is 2.45. The summed E-state index contributed by atoms with van der Waals surface area (Å²) in [6.07, 6.45) is 1.54. The Kier molecular flexibility index (Phi) is 3.19. The summed E-state index contributed by atoms with van der Waals surface area (Å²) >= 11 is 1.60. The van der Waals surface area contributed by atoms with Gasteiger partial charge in [-0.05, 0) is 19.1 Å². The van der Waals surface area contributed by atoms with E-state index in [0.717, 1.165) is 17.3 Å². The fourth-order valence-electron chi connectivity index (χ4n) is 1.65. The molecule has 4 heteroatoms. The zero-order chi connectivity index (χ0) is 11.5. The highest BCUT2D eigenvalue weighted by Gasteiger charge is 2.23. The molecule has 0 bridgehead atoms. The van der Waals surface area contributed by atoms with Gasteiger partial charge < -0.3 is 9.64 Å². The minimum atomic E-state index is -0.311. The normalized spacial score (nSPS) is 16.4. The molecule has 0 aliphatic carbocycles. The number of methoxy groups -OCH3 is 1. The van der Waals surface area contributed by atoms with Crippen LogP contribution in [0.15, 0.2) is 40.3 Å². The molecule has 1 aromatic rings. The Balaban J connectivity index is 2.34. The van der Waals surface area contributed by atoms with E-state index in [2.05, 4.69) is 28.7 Å². The van der Waals surface area contributed by atoms with Gasteiger partial charge in [0.1, 0.15) is 0 Å². The van der Waals surface area contributed by atoms with E-state index in [1.807, 2.05) is 12.1 Å². The third-order valence-electron chi connectivity index (χ3n) is 2.40. The van der Waals surface area contributed by atoms with Gasteiger partial charge in [0.2, 0.25) is 0 Å². The summed E-state index contributed by atoms with van der Waals surface area (Å²) in [5.41, 5.74) is 1.16. The van der Waals surface area contributed by atoms with Crippen LogP contribution in [-0.2, 0) is 9.53 Å². The van der Waals surface area contributed by atoms with Gasteiger partial charge in [-0.2, -0.15) is 0 Å². The molecular weight excluding hydrogens is 222 g/mol. The number of thioether (sulfide) groups is 1. The SMILES string of the molecule is CCN1/C(=C\C(=O)OC)Sc2ccccc21. The smallest absolute Gasteiger partial charge is 0.333 e. The molecule has 0 amide bonds. The number of hydrogen-bond donors (Lipinski definition) is 0. The van der Waals surface area contributed by atoms with Crippen molar-refractivity contribution in [2.75, 3.05) is 18.6 Å². The Bertz CT molecular complexity index is 442. The second-order valence-corrected chi connectivity index (χ2v) is 4.38. The first kappa shape index (κ1) is 11.1. The van der Waals surface area contributed by atoms with Crippen molar-refractivity contribution in [2.24, 2.45) is 0 Å². The molecule has 0 fully saturated rings. The van der Waals surface area contributed by atoms with Crippen LogP contribution in [0.4, 0.5) is 5.69 Å². The molecule has 0 atom stereocenters. The maximum Gasteiger partial charge on any atom is 0.333 e. The summed E-state index contributed by atoms with van der Waals surface area (Å²) in [6, 6.07) is 8.12. The molecule has 84 valence electrons. The molecule has 0 unspecified atom stereocenters. The number of benzene rings is 1. The lowest BCUT2D eigenvalue weighted by atomic mass is 10.3. The largest absolute Gasteiger partial charge is 0.466 e. The number of carbonyl (C=O) groups excluding carboxylic acids is 1. The van der Waals surface area contributed by atoms with E-state index < -0.39 is 0 Å². The van der Waals surface area contributed by atoms with Gasteiger partial charge in [-0.1, -0.05) is 23.9 Å². The molecule has 0 saturated carbocycles. The van der Waals surface area contributed by atoms with Crippen molar-refractivity contribution in [3.63, 3.8) is 0 Å². The summed E-state index contributed by atoms with van der Waals surface area (Å²) in [5, 5.41) is 0.926. The van der Waals surface area contributed by atoms with E-state index in [9.17, 15) is 4.79 Å². The van der Waals surface area contributed by atoms with E-state index in [1.165, 1.54) is 18.1 Å². The highest BCUT2D eigenvalue weighted by molar-refractivity contribution is 8.03. The third kappa shape index (κ3) is 1.93. The van der Waals surface area contributed by atoms with Crippen LogP contribution in [0.1, 0.15) is 6.92 Å². The topological polar surface area (TPSA) is 29.5 Å². The third-order valence-corrected chi connectivity index (χ3v) is 3.51. The number of anilines is 1. The summed E-state index contributed by atoms with van der Waals surface area (Å²) in [5.74, 6) is -0.311. The van der Waals surface area contributed by atoms with E-state index in [4.69, 9.17) is 0 Å². The second-order valence-electron chi connectivity index (χ2n) is 3.32. The summed E-state index contributed by atoms with van der Waals surface area (Å²) < 4.78 is 4.65.